The van der Waals surface area contributed by atoms with Gasteiger partial charge >= 0.3 is 5.97 Å². The van der Waals surface area contributed by atoms with E-state index in [0.29, 0.717) is 18.9 Å². The van der Waals surface area contributed by atoms with Crippen molar-refractivity contribution in [3.8, 4) is 0 Å². The van der Waals surface area contributed by atoms with Gasteiger partial charge in [-0.1, -0.05) is 19.3 Å². The lowest BCUT2D eigenvalue weighted by Crippen LogP contribution is -2.42. The van der Waals surface area contributed by atoms with E-state index < -0.39 is 35.5 Å². The second kappa shape index (κ2) is 6.65. The number of aliphatic carboxylic acids is 1. The summed E-state index contributed by atoms with van der Waals surface area (Å²) in [7, 11) is 0. The van der Waals surface area contributed by atoms with Crippen molar-refractivity contribution in [3.05, 3.63) is 35.4 Å². The van der Waals surface area contributed by atoms with Crippen LogP contribution in [0.5, 0.6) is 0 Å². The third-order valence-electron chi connectivity index (χ3n) is 3.77. The Bertz CT molecular complexity index is 527. The van der Waals surface area contributed by atoms with Crippen LogP contribution < -0.4 is 5.32 Å². The topological polar surface area (TPSA) is 66.4 Å². The van der Waals surface area contributed by atoms with E-state index in [1.807, 2.05) is 0 Å². The van der Waals surface area contributed by atoms with Crippen LogP contribution in [-0.4, -0.2) is 23.0 Å². The van der Waals surface area contributed by atoms with Gasteiger partial charge in [0.05, 0.1) is 5.92 Å². The summed E-state index contributed by atoms with van der Waals surface area (Å²) in [5.74, 6) is -3.93. The lowest BCUT2D eigenvalue weighted by Gasteiger charge is -2.22. The average molecular weight is 297 g/mol. The number of rotatable bonds is 3. The van der Waals surface area contributed by atoms with E-state index >= 15 is 0 Å². The maximum atomic E-state index is 13.1. The minimum Gasteiger partial charge on any atom is -0.481 e. The number of hydrogen-bond acceptors (Lipinski definition) is 2. The van der Waals surface area contributed by atoms with Gasteiger partial charge in [0.15, 0.2) is 0 Å². The zero-order valence-electron chi connectivity index (χ0n) is 11.4. The number of carboxylic acids is 1. The van der Waals surface area contributed by atoms with Crippen LogP contribution in [0, 0.1) is 17.6 Å². The average Bonchev–Trinajstić information content (AvgIpc) is 2.63. The Kier molecular flexibility index (Phi) is 4.88. The molecule has 1 amide bonds. The van der Waals surface area contributed by atoms with Gasteiger partial charge in [0.1, 0.15) is 11.6 Å². The molecule has 1 aliphatic carbocycles. The number of nitrogens with one attached hydrogen (secondary N) is 1. The molecule has 0 radical (unpaired) electrons. The zero-order chi connectivity index (χ0) is 15.4. The first-order chi connectivity index (χ1) is 9.97. The van der Waals surface area contributed by atoms with Crippen molar-refractivity contribution in [2.75, 3.05) is 0 Å². The normalized spacial score (nSPS) is 22.4. The predicted octanol–water partition coefficient (Wildman–Crippen LogP) is 2.73. The molecule has 1 saturated carbocycles. The molecule has 1 fully saturated rings. The quantitative estimate of drug-likeness (QED) is 0.843. The first-order valence-electron chi connectivity index (χ1n) is 6.97. The number of carbonyl (C=O) groups excluding carboxylic acids is 1. The molecule has 1 aliphatic rings. The monoisotopic (exact) mass is 297 g/mol. The van der Waals surface area contributed by atoms with Crippen molar-refractivity contribution >= 4 is 11.9 Å². The highest BCUT2D eigenvalue weighted by molar-refractivity contribution is 5.94. The lowest BCUT2D eigenvalue weighted by atomic mass is 9.94. The Balaban J connectivity index is 2.14. The molecule has 0 heterocycles. The van der Waals surface area contributed by atoms with Gasteiger partial charge in [-0.2, -0.15) is 0 Å². The van der Waals surface area contributed by atoms with Crippen molar-refractivity contribution in [2.45, 2.75) is 38.1 Å². The Morgan fingerprint density at radius 1 is 1.05 bits per heavy atom. The van der Waals surface area contributed by atoms with Crippen molar-refractivity contribution < 1.29 is 23.5 Å². The van der Waals surface area contributed by atoms with Crippen LogP contribution in [0.4, 0.5) is 8.78 Å². The van der Waals surface area contributed by atoms with E-state index in [0.717, 1.165) is 31.4 Å². The van der Waals surface area contributed by atoms with Crippen LogP contribution >= 0.6 is 0 Å². The molecular formula is C15H17F2NO3. The smallest absolute Gasteiger partial charge is 0.308 e. The molecule has 1 aromatic carbocycles. The summed E-state index contributed by atoms with van der Waals surface area (Å²) in [6, 6.07) is 2.04. The molecule has 2 N–H and O–H groups in total. The molecule has 1 aromatic rings. The predicted molar refractivity (Wildman–Crippen MR) is 71.8 cm³/mol. The number of carboxylic acid groups (broad SMARTS) is 1. The largest absolute Gasteiger partial charge is 0.481 e. The highest BCUT2D eigenvalue weighted by Gasteiger charge is 2.30. The zero-order valence-corrected chi connectivity index (χ0v) is 11.4. The third kappa shape index (κ3) is 4.00. The summed E-state index contributed by atoms with van der Waals surface area (Å²) >= 11 is 0. The number of halogens is 2. The van der Waals surface area contributed by atoms with Gasteiger partial charge in [-0.3, -0.25) is 9.59 Å². The SMILES string of the molecule is O=C(N[C@H]1CCCCC[C@H]1C(=O)O)c1cc(F)cc(F)c1. The molecular weight excluding hydrogens is 280 g/mol. The highest BCUT2D eigenvalue weighted by atomic mass is 19.1. The molecule has 4 nitrogen and oxygen atoms in total. The van der Waals surface area contributed by atoms with Crippen molar-refractivity contribution in [1.82, 2.24) is 5.32 Å². The van der Waals surface area contributed by atoms with Gasteiger partial charge in [-0.15, -0.1) is 0 Å². The van der Waals surface area contributed by atoms with Gasteiger partial charge in [-0.25, -0.2) is 8.78 Å². The van der Waals surface area contributed by atoms with Crippen LogP contribution in [-0.2, 0) is 4.79 Å². The Morgan fingerprint density at radius 3 is 2.29 bits per heavy atom. The molecule has 114 valence electrons. The summed E-state index contributed by atoms with van der Waals surface area (Å²) in [5, 5.41) is 11.8. The molecule has 6 heteroatoms. The third-order valence-corrected chi connectivity index (χ3v) is 3.77. The number of carbonyl (C=O) groups is 2. The number of benzene rings is 1. The van der Waals surface area contributed by atoms with Gasteiger partial charge in [0.25, 0.3) is 5.91 Å². The first-order valence-corrected chi connectivity index (χ1v) is 6.97. The Labute approximate surface area is 121 Å². The van der Waals surface area contributed by atoms with E-state index in [1.165, 1.54) is 0 Å². The molecule has 0 unspecified atom stereocenters. The summed E-state index contributed by atoms with van der Waals surface area (Å²) in [4.78, 5) is 23.3. The molecule has 0 bridgehead atoms. The van der Waals surface area contributed by atoms with Crippen LogP contribution in [0.2, 0.25) is 0 Å². The van der Waals surface area contributed by atoms with Gasteiger partial charge < -0.3 is 10.4 Å². The molecule has 21 heavy (non-hydrogen) atoms. The van der Waals surface area contributed by atoms with E-state index in [2.05, 4.69) is 5.32 Å². The number of hydrogen-bond donors (Lipinski definition) is 2. The van der Waals surface area contributed by atoms with E-state index in [-0.39, 0.29) is 5.56 Å². The molecule has 0 saturated heterocycles. The second-order valence-corrected chi connectivity index (χ2v) is 5.32. The summed E-state index contributed by atoms with van der Waals surface area (Å²) in [6.07, 6.45) is 3.60. The number of amides is 1. The summed E-state index contributed by atoms with van der Waals surface area (Å²) < 4.78 is 26.2. The Morgan fingerprint density at radius 2 is 1.67 bits per heavy atom. The van der Waals surface area contributed by atoms with Crippen LogP contribution in [0.3, 0.4) is 0 Å². The highest BCUT2D eigenvalue weighted by Crippen LogP contribution is 2.24. The molecule has 0 spiro atoms. The second-order valence-electron chi connectivity index (χ2n) is 5.32. The molecule has 2 rings (SSSR count). The van der Waals surface area contributed by atoms with Gasteiger partial charge in [-0.05, 0) is 25.0 Å². The van der Waals surface area contributed by atoms with Crippen LogP contribution in [0.1, 0.15) is 42.5 Å². The van der Waals surface area contributed by atoms with Crippen molar-refractivity contribution in [3.63, 3.8) is 0 Å². The minimum absolute atomic E-state index is 0.138. The lowest BCUT2D eigenvalue weighted by molar-refractivity contribution is -0.142. The molecule has 0 aliphatic heterocycles. The van der Waals surface area contributed by atoms with Crippen molar-refractivity contribution in [2.24, 2.45) is 5.92 Å². The van der Waals surface area contributed by atoms with E-state index in [9.17, 15) is 23.5 Å². The van der Waals surface area contributed by atoms with Gasteiger partial charge in [0, 0.05) is 17.7 Å². The standard InChI is InChI=1S/C15H17F2NO3/c16-10-6-9(7-11(17)8-10)14(19)18-13-5-3-1-2-4-12(13)15(20)21/h6-8,12-13H,1-5H2,(H,18,19)(H,20,21)/t12-,13+/m1/s1. The molecule has 2 atom stereocenters. The van der Waals surface area contributed by atoms with Crippen LogP contribution in [0.15, 0.2) is 18.2 Å². The van der Waals surface area contributed by atoms with Crippen LogP contribution in [0.25, 0.3) is 0 Å². The molecule has 0 aromatic heterocycles. The minimum atomic E-state index is -0.951. The van der Waals surface area contributed by atoms with Gasteiger partial charge in [0.2, 0.25) is 0 Å². The fourth-order valence-corrected chi connectivity index (χ4v) is 2.71. The fraction of sp³-hybridized carbons (Fsp3) is 0.467. The fourth-order valence-electron chi connectivity index (χ4n) is 2.71. The van der Waals surface area contributed by atoms with E-state index in [1.54, 1.807) is 0 Å². The maximum Gasteiger partial charge on any atom is 0.308 e. The van der Waals surface area contributed by atoms with E-state index in [4.69, 9.17) is 0 Å². The van der Waals surface area contributed by atoms with Crippen molar-refractivity contribution in [1.29, 1.82) is 0 Å². The summed E-state index contributed by atoms with van der Waals surface area (Å²) in [6.45, 7) is 0. The summed E-state index contributed by atoms with van der Waals surface area (Å²) in [5.41, 5.74) is -0.138. The first kappa shape index (κ1) is 15.4. The maximum absolute atomic E-state index is 13.1. The Hall–Kier alpha value is -1.98.